The number of imidazole rings is 1. The third kappa shape index (κ3) is 3.54. The summed E-state index contributed by atoms with van der Waals surface area (Å²) >= 11 is 0. The van der Waals surface area contributed by atoms with Gasteiger partial charge < -0.3 is 20.5 Å². The van der Waals surface area contributed by atoms with E-state index in [0.29, 0.717) is 13.1 Å². The van der Waals surface area contributed by atoms with Crippen molar-refractivity contribution in [3.63, 3.8) is 0 Å². The molecule has 1 aromatic carbocycles. The molecule has 4 rings (SSSR count). The van der Waals surface area contributed by atoms with E-state index in [2.05, 4.69) is 16.4 Å². The molecule has 0 unspecified atom stereocenters. The van der Waals surface area contributed by atoms with Crippen molar-refractivity contribution in [1.29, 1.82) is 0 Å². The number of nitrogens with zero attached hydrogens (tertiary/aromatic N) is 3. The van der Waals surface area contributed by atoms with E-state index in [9.17, 15) is 9.59 Å². The van der Waals surface area contributed by atoms with Gasteiger partial charge in [0.15, 0.2) is 0 Å². The standard InChI is InChI=1S/C20H25N5O2/c21-17(26)13-25-12-9-23-19(25)15-6-10-24(11-7-15)20(27)16-5-1-3-14-4-2-8-22-18(14)16/h1,3,5,9,12,15,22H,2,4,6-8,10-11,13H2,(H2,21,26). The SMILES string of the molecule is NC(=O)Cn1ccnc1C1CCN(C(=O)c2cccc3c2NCCC3)CC1. The highest BCUT2D eigenvalue weighted by Crippen LogP contribution is 2.31. The maximum Gasteiger partial charge on any atom is 0.255 e. The first kappa shape index (κ1) is 17.6. The fourth-order valence-corrected chi connectivity index (χ4v) is 4.18. The number of fused-ring (bicyclic) bond motifs is 1. The number of primary amides is 1. The number of nitrogens with two attached hydrogens (primary N) is 1. The largest absolute Gasteiger partial charge is 0.384 e. The number of nitrogens with one attached hydrogen (secondary N) is 1. The number of aromatic nitrogens is 2. The molecule has 2 aliphatic heterocycles. The van der Waals surface area contributed by atoms with Crippen LogP contribution in [0.15, 0.2) is 30.6 Å². The van der Waals surface area contributed by atoms with E-state index >= 15 is 0 Å². The number of anilines is 1. The van der Waals surface area contributed by atoms with Crippen molar-refractivity contribution < 1.29 is 9.59 Å². The van der Waals surface area contributed by atoms with Crippen molar-refractivity contribution in [2.75, 3.05) is 25.0 Å². The second kappa shape index (κ2) is 7.42. The smallest absolute Gasteiger partial charge is 0.255 e. The van der Waals surface area contributed by atoms with E-state index < -0.39 is 0 Å². The van der Waals surface area contributed by atoms with Gasteiger partial charge in [0, 0.05) is 37.9 Å². The number of carbonyl (C=O) groups is 2. The lowest BCUT2D eigenvalue weighted by molar-refractivity contribution is -0.118. The molecule has 1 saturated heterocycles. The predicted molar refractivity (Wildman–Crippen MR) is 103 cm³/mol. The fourth-order valence-electron chi connectivity index (χ4n) is 4.18. The summed E-state index contributed by atoms with van der Waals surface area (Å²) in [7, 11) is 0. The lowest BCUT2D eigenvalue weighted by Gasteiger charge is -2.33. The van der Waals surface area contributed by atoms with Crippen LogP contribution < -0.4 is 11.1 Å². The summed E-state index contributed by atoms with van der Waals surface area (Å²) in [6.07, 6.45) is 7.30. The molecule has 3 N–H and O–H groups in total. The summed E-state index contributed by atoms with van der Waals surface area (Å²) in [4.78, 5) is 30.7. The molecule has 1 aromatic heterocycles. The number of para-hydroxylation sites is 1. The Bertz CT molecular complexity index is 852. The van der Waals surface area contributed by atoms with Crippen molar-refractivity contribution in [2.24, 2.45) is 5.73 Å². The summed E-state index contributed by atoms with van der Waals surface area (Å²) in [6.45, 7) is 2.45. The Balaban J connectivity index is 1.45. The van der Waals surface area contributed by atoms with Gasteiger partial charge >= 0.3 is 0 Å². The van der Waals surface area contributed by atoms with E-state index in [1.54, 1.807) is 12.4 Å². The first-order valence-corrected chi connectivity index (χ1v) is 9.58. The molecular formula is C20H25N5O2. The zero-order chi connectivity index (χ0) is 18.8. The van der Waals surface area contributed by atoms with E-state index in [0.717, 1.165) is 49.3 Å². The molecular weight excluding hydrogens is 342 g/mol. The highest BCUT2D eigenvalue weighted by Gasteiger charge is 2.29. The van der Waals surface area contributed by atoms with Gasteiger partial charge in [0.2, 0.25) is 5.91 Å². The van der Waals surface area contributed by atoms with Crippen molar-refractivity contribution in [2.45, 2.75) is 38.1 Å². The fraction of sp³-hybridized carbons (Fsp3) is 0.450. The molecule has 0 bridgehead atoms. The molecule has 2 aromatic rings. The summed E-state index contributed by atoms with van der Waals surface area (Å²) in [5.41, 5.74) is 8.34. The van der Waals surface area contributed by atoms with Crippen LogP contribution in [-0.2, 0) is 17.8 Å². The third-order valence-corrected chi connectivity index (χ3v) is 5.53. The first-order chi connectivity index (χ1) is 13.1. The number of piperidine rings is 1. The van der Waals surface area contributed by atoms with Crippen LogP contribution in [0.25, 0.3) is 0 Å². The van der Waals surface area contributed by atoms with Gasteiger partial charge in [0.25, 0.3) is 5.91 Å². The van der Waals surface area contributed by atoms with Gasteiger partial charge in [-0.15, -0.1) is 0 Å². The molecule has 2 aliphatic rings. The van der Waals surface area contributed by atoms with Crippen LogP contribution in [0.1, 0.15) is 46.9 Å². The topological polar surface area (TPSA) is 93.2 Å². The first-order valence-electron chi connectivity index (χ1n) is 9.58. The molecule has 0 radical (unpaired) electrons. The number of likely N-dealkylation sites (tertiary alicyclic amines) is 1. The van der Waals surface area contributed by atoms with Crippen LogP contribution in [0.5, 0.6) is 0 Å². The second-order valence-corrected chi connectivity index (χ2v) is 7.32. The number of hydrogen-bond acceptors (Lipinski definition) is 4. The van der Waals surface area contributed by atoms with E-state index in [1.807, 2.05) is 21.6 Å². The van der Waals surface area contributed by atoms with Crippen LogP contribution in [0.3, 0.4) is 0 Å². The van der Waals surface area contributed by atoms with Gasteiger partial charge in [0.05, 0.1) is 11.3 Å². The van der Waals surface area contributed by atoms with Crippen molar-refractivity contribution in [3.8, 4) is 0 Å². The molecule has 0 saturated carbocycles. The molecule has 27 heavy (non-hydrogen) atoms. The summed E-state index contributed by atoms with van der Waals surface area (Å²) < 4.78 is 1.82. The monoisotopic (exact) mass is 367 g/mol. The molecule has 142 valence electrons. The molecule has 0 spiro atoms. The third-order valence-electron chi connectivity index (χ3n) is 5.53. The van der Waals surface area contributed by atoms with Crippen molar-refractivity contribution in [1.82, 2.24) is 14.5 Å². The maximum absolute atomic E-state index is 13.1. The number of benzene rings is 1. The van der Waals surface area contributed by atoms with Crippen LogP contribution in [0.2, 0.25) is 0 Å². The minimum atomic E-state index is -0.372. The van der Waals surface area contributed by atoms with Gasteiger partial charge in [-0.25, -0.2) is 4.98 Å². The summed E-state index contributed by atoms with van der Waals surface area (Å²) in [5.74, 6) is 0.856. The van der Waals surface area contributed by atoms with E-state index in [-0.39, 0.29) is 24.3 Å². The Kier molecular flexibility index (Phi) is 4.83. The number of rotatable bonds is 4. The Morgan fingerprint density at radius 1 is 1.26 bits per heavy atom. The molecule has 3 heterocycles. The van der Waals surface area contributed by atoms with E-state index in [1.165, 1.54) is 5.56 Å². The second-order valence-electron chi connectivity index (χ2n) is 7.32. The summed E-state index contributed by atoms with van der Waals surface area (Å²) in [6, 6.07) is 6.00. The quantitative estimate of drug-likeness (QED) is 0.861. The maximum atomic E-state index is 13.1. The van der Waals surface area contributed by atoms with Gasteiger partial charge in [-0.05, 0) is 37.3 Å². The van der Waals surface area contributed by atoms with E-state index in [4.69, 9.17) is 5.73 Å². The number of aryl methyl sites for hydroxylation is 1. The minimum Gasteiger partial charge on any atom is -0.384 e. The normalized spacial score (nSPS) is 17.3. The zero-order valence-corrected chi connectivity index (χ0v) is 15.4. The lowest BCUT2D eigenvalue weighted by Crippen LogP contribution is -2.39. The highest BCUT2D eigenvalue weighted by atomic mass is 16.2. The summed E-state index contributed by atoms with van der Waals surface area (Å²) in [5, 5.41) is 3.40. The van der Waals surface area contributed by atoms with Crippen molar-refractivity contribution >= 4 is 17.5 Å². The van der Waals surface area contributed by atoms with Crippen LogP contribution in [0.4, 0.5) is 5.69 Å². The minimum absolute atomic E-state index is 0.0974. The number of hydrogen-bond donors (Lipinski definition) is 2. The lowest BCUT2D eigenvalue weighted by atomic mass is 9.94. The average Bonchev–Trinajstić information content (AvgIpc) is 3.14. The Morgan fingerprint density at radius 3 is 2.85 bits per heavy atom. The molecule has 1 fully saturated rings. The Labute approximate surface area is 158 Å². The highest BCUT2D eigenvalue weighted by molar-refractivity contribution is 6.00. The van der Waals surface area contributed by atoms with Crippen molar-refractivity contribution in [3.05, 3.63) is 47.5 Å². The molecule has 0 atom stereocenters. The zero-order valence-electron chi connectivity index (χ0n) is 15.4. The van der Waals surface area contributed by atoms with Crippen LogP contribution >= 0.6 is 0 Å². The van der Waals surface area contributed by atoms with Gasteiger partial charge in [-0.2, -0.15) is 0 Å². The number of carbonyl (C=O) groups excluding carboxylic acids is 2. The molecule has 7 heteroatoms. The predicted octanol–water partition coefficient (Wildman–Crippen LogP) is 1.75. The Hall–Kier alpha value is -2.83. The molecule has 7 nitrogen and oxygen atoms in total. The van der Waals surface area contributed by atoms with Crippen LogP contribution in [0, 0.1) is 0 Å². The van der Waals surface area contributed by atoms with Crippen LogP contribution in [-0.4, -0.2) is 45.9 Å². The molecule has 2 amide bonds. The van der Waals surface area contributed by atoms with Gasteiger partial charge in [-0.3, -0.25) is 9.59 Å². The van der Waals surface area contributed by atoms with Gasteiger partial charge in [0.1, 0.15) is 12.4 Å². The number of amides is 2. The Morgan fingerprint density at radius 2 is 2.07 bits per heavy atom. The average molecular weight is 367 g/mol. The molecule has 0 aliphatic carbocycles. The van der Waals surface area contributed by atoms with Gasteiger partial charge in [-0.1, -0.05) is 12.1 Å².